The number of guanidine groups is 1. The van der Waals surface area contributed by atoms with Gasteiger partial charge in [0.2, 0.25) is 0 Å². The lowest BCUT2D eigenvalue weighted by molar-refractivity contribution is 0.414. The van der Waals surface area contributed by atoms with Crippen molar-refractivity contribution >= 4 is 29.9 Å². The normalized spacial score (nSPS) is 12.0. The van der Waals surface area contributed by atoms with Crippen molar-refractivity contribution in [1.29, 1.82) is 0 Å². The predicted octanol–water partition coefficient (Wildman–Crippen LogP) is 3.75. The van der Waals surface area contributed by atoms with Gasteiger partial charge in [-0.1, -0.05) is 19.1 Å². The van der Waals surface area contributed by atoms with E-state index in [9.17, 15) is 0 Å². The maximum atomic E-state index is 5.22. The second-order valence-corrected chi connectivity index (χ2v) is 6.81. The lowest BCUT2D eigenvalue weighted by Gasteiger charge is -2.16. The molecule has 2 N–H and O–H groups in total. The largest absolute Gasteiger partial charge is 0.497 e. The van der Waals surface area contributed by atoms with Gasteiger partial charge in [-0.3, -0.25) is 9.56 Å². The van der Waals surface area contributed by atoms with Gasteiger partial charge < -0.3 is 15.4 Å². The first-order chi connectivity index (χ1) is 14.2. The number of nitrogens with zero attached hydrogens (tertiary/aromatic N) is 4. The number of halogens is 1. The summed E-state index contributed by atoms with van der Waals surface area (Å²) in [5.41, 5.74) is 2.43. The number of hydrogen-bond acceptors (Lipinski definition) is 4. The highest BCUT2D eigenvalue weighted by Crippen LogP contribution is 2.21. The minimum atomic E-state index is 0. The number of nitrogens with one attached hydrogen (secondary N) is 2. The second kappa shape index (κ2) is 12.2. The number of benzene rings is 1. The van der Waals surface area contributed by atoms with E-state index in [4.69, 9.17) is 4.74 Å². The summed E-state index contributed by atoms with van der Waals surface area (Å²) in [6, 6.07) is 12.3. The SMILES string of the molecule is CN=C(NCCC(C)c1ccc(OC)cc1)NCc1ccnc(-n2ccnc2)c1.I. The number of methoxy groups -OCH3 is 1. The number of hydrogen-bond donors (Lipinski definition) is 2. The Morgan fingerprint density at radius 1 is 1.17 bits per heavy atom. The van der Waals surface area contributed by atoms with Crippen molar-refractivity contribution in [1.82, 2.24) is 25.2 Å². The molecule has 0 saturated carbocycles. The summed E-state index contributed by atoms with van der Waals surface area (Å²) in [5, 5.41) is 6.74. The van der Waals surface area contributed by atoms with Gasteiger partial charge in [-0.15, -0.1) is 24.0 Å². The first kappa shape index (κ1) is 23.7. The van der Waals surface area contributed by atoms with E-state index >= 15 is 0 Å². The molecule has 7 nitrogen and oxygen atoms in total. The summed E-state index contributed by atoms with van der Waals surface area (Å²) in [7, 11) is 3.47. The Kier molecular flexibility index (Phi) is 9.59. The van der Waals surface area contributed by atoms with Gasteiger partial charge >= 0.3 is 0 Å². The molecule has 0 aliphatic carbocycles. The molecule has 0 radical (unpaired) electrons. The van der Waals surface area contributed by atoms with Gasteiger partial charge in [0.25, 0.3) is 0 Å². The quantitative estimate of drug-likeness (QED) is 0.269. The molecule has 0 fully saturated rings. The highest BCUT2D eigenvalue weighted by molar-refractivity contribution is 14.0. The Labute approximate surface area is 195 Å². The topological polar surface area (TPSA) is 76.4 Å². The monoisotopic (exact) mass is 520 g/mol. The minimum absolute atomic E-state index is 0. The summed E-state index contributed by atoms with van der Waals surface area (Å²) >= 11 is 0. The Morgan fingerprint density at radius 3 is 2.63 bits per heavy atom. The lowest BCUT2D eigenvalue weighted by Crippen LogP contribution is -2.37. The van der Waals surface area contributed by atoms with Gasteiger partial charge in [-0.25, -0.2) is 9.97 Å². The highest BCUT2D eigenvalue weighted by atomic mass is 127. The smallest absolute Gasteiger partial charge is 0.191 e. The molecule has 160 valence electrons. The van der Waals surface area contributed by atoms with Crippen LogP contribution >= 0.6 is 24.0 Å². The van der Waals surface area contributed by atoms with Gasteiger partial charge in [0.05, 0.1) is 7.11 Å². The molecule has 0 aliphatic heterocycles. The molecule has 2 heterocycles. The van der Waals surface area contributed by atoms with Crippen molar-refractivity contribution in [3.05, 3.63) is 72.4 Å². The van der Waals surface area contributed by atoms with E-state index in [0.29, 0.717) is 12.5 Å². The van der Waals surface area contributed by atoms with E-state index in [1.54, 1.807) is 32.9 Å². The molecule has 1 atom stereocenters. The maximum Gasteiger partial charge on any atom is 0.191 e. The summed E-state index contributed by atoms with van der Waals surface area (Å²) in [6.45, 7) is 3.73. The van der Waals surface area contributed by atoms with E-state index in [1.165, 1.54) is 5.56 Å². The minimum Gasteiger partial charge on any atom is -0.497 e. The molecular weight excluding hydrogens is 491 g/mol. The molecule has 8 heteroatoms. The van der Waals surface area contributed by atoms with Crippen molar-refractivity contribution in [2.45, 2.75) is 25.8 Å². The molecule has 0 saturated heterocycles. The van der Waals surface area contributed by atoms with Gasteiger partial charge in [0.15, 0.2) is 5.96 Å². The van der Waals surface area contributed by atoms with Crippen LogP contribution in [0.1, 0.15) is 30.4 Å². The predicted molar refractivity (Wildman–Crippen MR) is 131 cm³/mol. The number of aromatic nitrogens is 3. The summed E-state index contributed by atoms with van der Waals surface area (Å²) in [5.74, 6) is 2.96. The zero-order chi connectivity index (χ0) is 20.5. The number of imidazole rings is 1. The molecule has 3 rings (SSSR count). The molecule has 1 aromatic carbocycles. The fraction of sp³-hybridized carbons (Fsp3) is 0.318. The third-order valence-corrected chi connectivity index (χ3v) is 4.82. The van der Waals surface area contributed by atoms with Crippen LogP contribution in [-0.2, 0) is 6.54 Å². The zero-order valence-corrected chi connectivity index (χ0v) is 19.9. The van der Waals surface area contributed by atoms with Crippen molar-refractivity contribution in [3.63, 3.8) is 0 Å². The van der Waals surface area contributed by atoms with E-state index in [2.05, 4.69) is 44.7 Å². The molecule has 3 aromatic rings. The van der Waals surface area contributed by atoms with Crippen molar-refractivity contribution in [2.75, 3.05) is 20.7 Å². The number of pyridine rings is 1. The van der Waals surface area contributed by atoms with E-state index in [-0.39, 0.29) is 24.0 Å². The molecule has 30 heavy (non-hydrogen) atoms. The lowest BCUT2D eigenvalue weighted by atomic mass is 9.98. The van der Waals surface area contributed by atoms with Crippen LogP contribution in [0.4, 0.5) is 0 Å². The Morgan fingerprint density at radius 2 is 1.97 bits per heavy atom. The van der Waals surface area contributed by atoms with E-state index in [0.717, 1.165) is 36.1 Å². The molecule has 0 aliphatic rings. The molecule has 0 bridgehead atoms. The third-order valence-electron chi connectivity index (χ3n) is 4.82. The summed E-state index contributed by atoms with van der Waals surface area (Å²) in [4.78, 5) is 12.8. The average Bonchev–Trinajstić information content (AvgIpc) is 3.31. The van der Waals surface area contributed by atoms with E-state index < -0.39 is 0 Å². The van der Waals surface area contributed by atoms with Crippen LogP contribution in [-0.4, -0.2) is 41.2 Å². The van der Waals surface area contributed by atoms with Gasteiger partial charge in [-0.2, -0.15) is 0 Å². The standard InChI is InChI=1S/C22H28N6O.HI/c1-17(19-4-6-20(29-3)7-5-19)8-10-26-22(23-2)27-15-18-9-11-25-21(14-18)28-13-12-24-16-28;/h4-7,9,11-14,16-17H,8,10,15H2,1-3H3,(H2,23,26,27);1H. The molecule has 0 spiro atoms. The Bertz CT molecular complexity index is 912. The first-order valence-electron chi connectivity index (χ1n) is 9.71. The van der Waals surface area contributed by atoms with Crippen LogP contribution in [0.2, 0.25) is 0 Å². The molecule has 2 aromatic heterocycles. The van der Waals surface area contributed by atoms with Crippen LogP contribution in [0.5, 0.6) is 5.75 Å². The number of ether oxygens (including phenoxy) is 1. The second-order valence-electron chi connectivity index (χ2n) is 6.81. The summed E-state index contributed by atoms with van der Waals surface area (Å²) < 4.78 is 7.11. The molecular formula is C22H29IN6O. The fourth-order valence-corrected chi connectivity index (χ4v) is 3.02. The first-order valence-corrected chi connectivity index (χ1v) is 9.71. The number of rotatable bonds is 8. The van der Waals surface area contributed by atoms with E-state index in [1.807, 2.05) is 35.0 Å². The van der Waals surface area contributed by atoms with Gasteiger partial charge in [0, 0.05) is 38.7 Å². The maximum absolute atomic E-state index is 5.22. The fourth-order valence-electron chi connectivity index (χ4n) is 3.02. The van der Waals surface area contributed by atoms with Crippen molar-refractivity contribution < 1.29 is 4.74 Å². The van der Waals surface area contributed by atoms with Crippen LogP contribution in [0.15, 0.2) is 66.3 Å². The molecule has 1 unspecified atom stereocenters. The van der Waals surface area contributed by atoms with Crippen LogP contribution < -0.4 is 15.4 Å². The van der Waals surface area contributed by atoms with Crippen LogP contribution in [0.25, 0.3) is 5.82 Å². The van der Waals surface area contributed by atoms with Gasteiger partial charge in [-0.05, 0) is 47.7 Å². The van der Waals surface area contributed by atoms with Crippen molar-refractivity contribution in [3.8, 4) is 11.6 Å². The highest BCUT2D eigenvalue weighted by Gasteiger charge is 2.07. The molecule has 0 amide bonds. The zero-order valence-electron chi connectivity index (χ0n) is 17.6. The van der Waals surface area contributed by atoms with Crippen LogP contribution in [0.3, 0.4) is 0 Å². The number of aliphatic imine (C=N–C) groups is 1. The third kappa shape index (κ3) is 6.72. The average molecular weight is 520 g/mol. The Balaban J connectivity index is 0.00000320. The van der Waals surface area contributed by atoms with Crippen LogP contribution in [0, 0.1) is 0 Å². The van der Waals surface area contributed by atoms with Crippen molar-refractivity contribution in [2.24, 2.45) is 4.99 Å². The summed E-state index contributed by atoms with van der Waals surface area (Å²) in [6.07, 6.45) is 8.17. The Hall–Kier alpha value is -2.62. The van der Waals surface area contributed by atoms with Gasteiger partial charge in [0.1, 0.15) is 17.9 Å².